The average Bonchev–Trinajstić information content (AvgIpc) is 3.80. The fourth-order valence-electron chi connectivity index (χ4n) is 7.47. The zero-order chi connectivity index (χ0) is 32.7. The van der Waals surface area contributed by atoms with E-state index in [1.807, 2.05) is 18.2 Å². The molecule has 232 valence electrons. The Kier molecular flexibility index (Phi) is 6.02. The number of nitrogens with zero attached hydrogens (tertiary/aromatic N) is 5. The molecule has 0 spiro atoms. The van der Waals surface area contributed by atoms with E-state index in [-0.39, 0.29) is 5.41 Å². The lowest BCUT2D eigenvalue weighted by atomic mass is 9.82. The van der Waals surface area contributed by atoms with Crippen molar-refractivity contribution in [3.63, 3.8) is 0 Å². The molecular weight excluding hydrogens is 619 g/mol. The van der Waals surface area contributed by atoms with E-state index >= 15 is 0 Å². The van der Waals surface area contributed by atoms with Gasteiger partial charge in [0.15, 0.2) is 11.6 Å². The van der Waals surface area contributed by atoms with Crippen LogP contribution >= 0.6 is 11.3 Å². The molecule has 10 rings (SSSR count). The summed E-state index contributed by atoms with van der Waals surface area (Å²) in [5.74, 6) is 1.86. The lowest BCUT2D eigenvalue weighted by Gasteiger charge is -2.21. The first-order valence-corrected chi connectivity index (χ1v) is 17.3. The minimum Gasteiger partial charge on any atom is -0.278 e. The SMILES string of the molecule is CC1(C)c2ccccc2-c2ccc(-c3nc(-c4ccc5nc(-c6ccccc6)sc5c4)nc(-n4c5ccccc5c5ccccc54)n3)cc21. The van der Waals surface area contributed by atoms with Gasteiger partial charge < -0.3 is 0 Å². The highest BCUT2D eigenvalue weighted by Gasteiger charge is 2.35. The summed E-state index contributed by atoms with van der Waals surface area (Å²) in [6, 6.07) is 49.0. The van der Waals surface area contributed by atoms with E-state index in [2.05, 4.69) is 140 Å². The normalized spacial score (nSPS) is 13.3. The van der Waals surface area contributed by atoms with Gasteiger partial charge >= 0.3 is 0 Å². The predicted molar refractivity (Wildman–Crippen MR) is 201 cm³/mol. The second-order valence-corrected chi connectivity index (χ2v) is 14.2. The number of aromatic nitrogens is 5. The summed E-state index contributed by atoms with van der Waals surface area (Å²) < 4.78 is 3.26. The van der Waals surface area contributed by atoms with Crippen LogP contribution in [0.2, 0.25) is 0 Å². The summed E-state index contributed by atoms with van der Waals surface area (Å²) in [5, 5.41) is 3.33. The summed E-state index contributed by atoms with van der Waals surface area (Å²) in [4.78, 5) is 20.6. The Balaban J connectivity index is 1.20. The molecule has 0 saturated heterocycles. The van der Waals surface area contributed by atoms with Crippen LogP contribution in [0.3, 0.4) is 0 Å². The van der Waals surface area contributed by atoms with Crippen molar-refractivity contribution in [2.24, 2.45) is 0 Å². The van der Waals surface area contributed by atoms with Crippen molar-refractivity contribution in [2.75, 3.05) is 0 Å². The van der Waals surface area contributed by atoms with Gasteiger partial charge in [-0.2, -0.15) is 9.97 Å². The fourth-order valence-corrected chi connectivity index (χ4v) is 8.48. The Hall–Kier alpha value is -5.98. The first kappa shape index (κ1) is 28.1. The molecule has 0 unspecified atom stereocenters. The Morgan fingerprint density at radius 1 is 0.510 bits per heavy atom. The molecule has 0 N–H and O–H groups in total. The number of hydrogen-bond acceptors (Lipinski definition) is 5. The molecule has 5 nitrogen and oxygen atoms in total. The van der Waals surface area contributed by atoms with Gasteiger partial charge in [0.25, 0.3) is 0 Å². The smallest absolute Gasteiger partial charge is 0.238 e. The summed E-state index contributed by atoms with van der Waals surface area (Å²) >= 11 is 1.69. The molecule has 6 heteroatoms. The number of thiazole rings is 1. The van der Waals surface area contributed by atoms with Crippen LogP contribution in [-0.2, 0) is 5.41 Å². The van der Waals surface area contributed by atoms with E-state index < -0.39 is 0 Å². The number of rotatable bonds is 4. The van der Waals surface area contributed by atoms with Crippen LogP contribution in [0.1, 0.15) is 25.0 Å². The largest absolute Gasteiger partial charge is 0.278 e. The van der Waals surface area contributed by atoms with Gasteiger partial charge in [-0.15, -0.1) is 11.3 Å². The molecule has 1 aliphatic carbocycles. The summed E-state index contributed by atoms with van der Waals surface area (Å²) in [5.41, 5.74) is 11.1. The van der Waals surface area contributed by atoms with Crippen molar-refractivity contribution in [1.82, 2.24) is 24.5 Å². The van der Waals surface area contributed by atoms with Crippen LogP contribution < -0.4 is 0 Å². The Labute approximate surface area is 287 Å². The van der Waals surface area contributed by atoms with Crippen LogP contribution in [0, 0.1) is 0 Å². The number of hydrogen-bond donors (Lipinski definition) is 0. The van der Waals surface area contributed by atoms with Crippen LogP contribution in [0.15, 0.2) is 140 Å². The lowest BCUT2D eigenvalue weighted by Crippen LogP contribution is -2.15. The summed E-state index contributed by atoms with van der Waals surface area (Å²) in [6.45, 7) is 4.61. The summed E-state index contributed by atoms with van der Waals surface area (Å²) in [7, 11) is 0. The third-order valence-corrected chi connectivity index (χ3v) is 11.0. The number of benzene rings is 6. The van der Waals surface area contributed by atoms with E-state index in [0.29, 0.717) is 17.6 Å². The quantitative estimate of drug-likeness (QED) is 0.191. The van der Waals surface area contributed by atoms with Crippen molar-refractivity contribution in [1.29, 1.82) is 0 Å². The van der Waals surface area contributed by atoms with Gasteiger partial charge in [-0.3, -0.25) is 4.57 Å². The van der Waals surface area contributed by atoms with Crippen LogP contribution in [0.25, 0.3) is 82.4 Å². The molecule has 9 aromatic rings. The second-order valence-electron chi connectivity index (χ2n) is 13.2. The van der Waals surface area contributed by atoms with Gasteiger partial charge in [0.2, 0.25) is 5.95 Å². The highest BCUT2D eigenvalue weighted by molar-refractivity contribution is 7.21. The van der Waals surface area contributed by atoms with Crippen molar-refractivity contribution in [3.8, 4) is 50.4 Å². The van der Waals surface area contributed by atoms with Gasteiger partial charge in [0.05, 0.1) is 21.3 Å². The molecule has 0 radical (unpaired) electrons. The van der Waals surface area contributed by atoms with E-state index in [1.165, 1.54) is 22.3 Å². The van der Waals surface area contributed by atoms with Crippen molar-refractivity contribution in [2.45, 2.75) is 19.3 Å². The molecule has 6 aromatic carbocycles. The van der Waals surface area contributed by atoms with Gasteiger partial charge in [0, 0.05) is 32.9 Å². The highest BCUT2D eigenvalue weighted by Crippen LogP contribution is 2.49. The molecule has 3 aromatic heterocycles. The fraction of sp³-hybridized carbons (Fsp3) is 0.0698. The van der Waals surface area contributed by atoms with Gasteiger partial charge in [0.1, 0.15) is 5.01 Å². The highest BCUT2D eigenvalue weighted by atomic mass is 32.1. The zero-order valence-corrected chi connectivity index (χ0v) is 27.7. The molecule has 0 bridgehead atoms. The zero-order valence-electron chi connectivity index (χ0n) is 26.9. The lowest BCUT2D eigenvalue weighted by molar-refractivity contribution is 0.660. The third-order valence-electron chi connectivity index (χ3n) is 9.91. The maximum Gasteiger partial charge on any atom is 0.238 e. The third kappa shape index (κ3) is 4.31. The van der Waals surface area contributed by atoms with Gasteiger partial charge in [-0.1, -0.05) is 117 Å². The Morgan fingerprint density at radius 2 is 1.12 bits per heavy atom. The number of para-hydroxylation sites is 2. The van der Waals surface area contributed by atoms with Crippen molar-refractivity contribution < 1.29 is 0 Å². The van der Waals surface area contributed by atoms with Gasteiger partial charge in [-0.25, -0.2) is 9.97 Å². The molecule has 49 heavy (non-hydrogen) atoms. The molecule has 0 saturated carbocycles. The minimum absolute atomic E-state index is 0.138. The maximum absolute atomic E-state index is 5.23. The summed E-state index contributed by atoms with van der Waals surface area (Å²) in [6.07, 6.45) is 0. The van der Waals surface area contributed by atoms with Crippen molar-refractivity contribution in [3.05, 3.63) is 151 Å². The standard InChI is InChI=1S/C43H29N5S/c1-43(2)33-17-9-6-14-29(33)30-22-20-27(24-34(30)43)39-45-40(28-21-23-35-38(25-28)49-41(44-35)26-12-4-3-5-13-26)47-42(46-39)48-36-18-10-7-15-31(36)32-16-8-11-19-37(32)48/h3-25H,1-2H3. The van der Waals surface area contributed by atoms with Crippen LogP contribution in [0.5, 0.6) is 0 Å². The molecule has 0 atom stereocenters. The van der Waals surface area contributed by atoms with E-state index in [0.717, 1.165) is 53.7 Å². The Bertz CT molecular complexity index is 2700. The molecule has 0 aliphatic heterocycles. The minimum atomic E-state index is -0.138. The molecule has 0 amide bonds. The predicted octanol–water partition coefficient (Wildman–Crippen LogP) is 10.9. The molecule has 3 heterocycles. The van der Waals surface area contributed by atoms with Gasteiger partial charge in [-0.05, 0) is 58.7 Å². The molecule has 1 aliphatic rings. The van der Waals surface area contributed by atoms with E-state index in [1.54, 1.807) is 11.3 Å². The molecular formula is C43H29N5S. The monoisotopic (exact) mass is 647 g/mol. The van der Waals surface area contributed by atoms with Crippen LogP contribution in [0.4, 0.5) is 0 Å². The second kappa shape index (κ2) is 10.5. The Morgan fingerprint density at radius 3 is 1.88 bits per heavy atom. The average molecular weight is 648 g/mol. The molecule has 0 fully saturated rings. The topological polar surface area (TPSA) is 56.5 Å². The maximum atomic E-state index is 5.23. The van der Waals surface area contributed by atoms with E-state index in [4.69, 9.17) is 19.9 Å². The number of fused-ring (bicyclic) bond motifs is 7. The van der Waals surface area contributed by atoms with Crippen LogP contribution in [-0.4, -0.2) is 24.5 Å². The van der Waals surface area contributed by atoms with Crippen molar-refractivity contribution >= 4 is 43.4 Å². The van der Waals surface area contributed by atoms with E-state index in [9.17, 15) is 0 Å². The first-order valence-electron chi connectivity index (χ1n) is 16.5. The first-order chi connectivity index (χ1) is 24.0.